The molecule has 0 aliphatic carbocycles. The monoisotopic (exact) mass is 189 g/mol. The molecule has 1 rings (SSSR count). The average molecular weight is 190 g/mol. The Balaban J connectivity index is 3.04. The number of hydrogen-bond donors (Lipinski definition) is 2. The summed E-state index contributed by atoms with van der Waals surface area (Å²) in [5.41, 5.74) is 0.664. The third-order valence-corrected chi connectivity index (χ3v) is 1.82. The van der Waals surface area contributed by atoms with Gasteiger partial charge in [-0.05, 0) is 24.7 Å². The zero-order valence-corrected chi connectivity index (χ0v) is 7.32. The second-order valence-corrected chi connectivity index (χ2v) is 2.82. The van der Waals surface area contributed by atoms with E-state index in [2.05, 4.69) is 5.32 Å². The van der Waals surface area contributed by atoms with Crippen molar-refractivity contribution in [1.29, 1.82) is 0 Å². The van der Waals surface area contributed by atoms with E-state index in [1.807, 2.05) is 0 Å². The Hall–Kier alpha value is -0.800. The van der Waals surface area contributed by atoms with Crippen LogP contribution in [0.3, 0.4) is 0 Å². The molecule has 0 unspecified atom stereocenters. The number of phenols is 1. The molecule has 66 valence electrons. The highest BCUT2D eigenvalue weighted by Gasteiger charge is 2.06. The lowest BCUT2D eigenvalue weighted by Gasteiger charge is -2.03. The number of phenolic OH excluding ortho intramolecular Hbond substituents is 1. The number of aromatic hydroxyl groups is 1. The van der Waals surface area contributed by atoms with Gasteiger partial charge >= 0.3 is 0 Å². The van der Waals surface area contributed by atoms with Crippen LogP contribution < -0.4 is 5.32 Å². The maximum atomic E-state index is 12.8. The number of benzene rings is 1. The van der Waals surface area contributed by atoms with E-state index >= 15 is 0 Å². The minimum atomic E-state index is -0.595. The van der Waals surface area contributed by atoms with Crippen LogP contribution in [0.15, 0.2) is 12.1 Å². The van der Waals surface area contributed by atoms with Gasteiger partial charge in [-0.3, -0.25) is 0 Å². The lowest BCUT2D eigenvalue weighted by Crippen LogP contribution is -2.05. The van der Waals surface area contributed by atoms with Crippen molar-refractivity contribution in [3.63, 3.8) is 0 Å². The molecule has 1 aromatic carbocycles. The topological polar surface area (TPSA) is 32.3 Å². The third-order valence-electron chi connectivity index (χ3n) is 1.45. The van der Waals surface area contributed by atoms with Crippen LogP contribution in [0.4, 0.5) is 4.39 Å². The Morgan fingerprint density at radius 3 is 2.75 bits per heavy atom. The minimum absolute atomic E-state index is 0.220. The van der Waals surface area contributed by atoms with Gasteiger partial charge in [0.15, 0.2) is 0 Å². The molecule has 2 N–H and O–H groups in total. The summed E-state index contributed by atoms with van der Waals surface area (Å²) in [4.78, 5) is 0. The van der Waals surface area contributed by atoms with Crippen LogP contribution in [-0.2, 0) is 6.54 Å². The molecule has 4 heteroatoms. The first-order valence-corrected chi connectivity index (χ1v) is 3.84. The molecule has 0 amide bonds. The van der Waals surface area contributed by atoms with Crippen molar-refractivity contribution in [2.75, 3.05) is 7.05 Å². The molecule has 0 saturated heterocycles. The first-order valence-electron chi connectivity index (χ1n) is 3.46. The fourth-order valence-electron chi connectivity index (χ4n) is 0.935. The van der Waals surface area contributed by atoms with E-state index in [0.29, 0.717) is 12.1 Å². The lowest BCUT2D eigenvalue weighted by molar-refractivity contribution is 0.468. The number of hydrogen-bond acceptors (Lipinski definition) is 2. The molecular weight excluding hydrogens is 181 g/mol. The van der Waals surface area contributed by atoms with Gasteiger partial charge in [0, 0.05) is 6.54 Å². The number of halogens is 2. The number of rotatable bonds is 2. The van der Waals surface area contributed by atoms with E-state index in [0.717, 1.165) is 0 Å². The molecule has 1 aromatic rings. The van der Waals surface area contributed by atoms with Crippen LogP contribution in [0.25, 0.3) is 0 Å². The SMILES string of the molecule is CNCc1cc(O)c(Cl)c(F)c1. The molecule has 12 heavy (non-hydrogen) atoms. The second-order valence-electron chi connectivity index (χ2n) is 2.44. The Bertz CT molecular complexity index is 267. The Morgan fingerprint density at radius 2 is 2.25 bits per heavy atom. The first-order chi connectivity index (χ1) is 5.65. The molecule has 0 aliphatic heterocycles. The average Bonchev–Trinajstić information content (AvgIpc) is 2.01. The van der Waals surface area contributed by atoms with Crippen LogP contribution >= 0.6 is 11.6 Å². The molecule has 0 spiro atoms. The minimum Gasteiger partial charge on any atom is -0.506 e. The van der Waals surface area contributed by atoms with Crippen molar-refractivity contribution in [2.45, 2.75) is 6.54 Å². The highest BCUT2D eigenvalue weighted by molar-refractivity contribution is 6.32. The summed E-state index contributed by atoms with van der Waals surface area (Å²) in [5, 5.41) is 11.7. The van der Waals surface area contributed by atoms with Crippen LogP contribution in [0.2, 0.25) is 5.02 Å². The van der Waals surface area contributed by atoms with Gasteiger partial charge in [0.1, 0.15) is 16.6 Å². The van der Waals surface area contributed by atoms with Crippen molar-refractivity contribution < 1.29 is 9.50 Å². The van der Waals surface area contributed by atoms with Gasteiger partial charge in [-0.25, -0.2) is 4.39 Å². The van der Waals surface area contributed by atoms with E-state index in [9.17, 15) is 4.39 Å². The lowest BCUT2D eigenvalue weighted by atomic mass is 10.2. The summed E-state index contributed by atoms with van der Waals surface area (Å²) in [5.74, 6) is -0.816. The maximum Gasteiger partial charge on any atom is 0.145 e. The third kappa shape index (κ3) is 1.87. The van der Waals surface area contributed by atoms with E-state index in [1.54, 1.807) is 7.05 Å². The van der Waals surface area contributed by atoms with Gasteiger partial charge in [0.05, 0.1) is 0 Å². The van der Waals surface area contributed by atoms with E-state index in [4.69, 9.17) is 16.7 Å². The smallest absolute Gasteiger partial charge is 0.145 e. The normalized spacial score (nSPS) is 10.2. The predicted molar refractivity (Wildman–Crippen MR) is 45.8 cm³/mol. The first kappa shape index (κ1) is 9.29. The highest BCUT2D eigenvalue weighted by atomic mass is 35.5. The van der Waals surface area contributed by atoms with Crippen LogP contribution in [0.1, 0.15) is 5.56 Å². The van der Waals surface area contributed by atoms with Gasteiger partial charge in [-0.1, -0.05) is 11.6 Å². The summed E-state index contributed by atoms with van der Waals surface area (Å²) in [6.07, 6.45) is 0. The molecule has 0 heterocycles. The Kier molecular flexibility index (Phi) is 2.89. The predicted octanol–water partition coefficient (Wildman–Crippen LogP) is 1.90. The maximum absolute atomic E-state index is 12.8. The van der Waals surface area contributed by atoms with Gasteiger partial charge in [-0.15, -0.1) is 0 Å². The summed E-state index contributed by atoms with van der Waals surface area (Å²) in [6, 6.07) is 2.72. The van der Waals surface area contributed by atoms with Gasteiger partial charge in [0.2, 0.25) is 0 Å². The Labute approximate surface area is 75.0 Å². The van der Waals surface area contributed by atoms with Gasteiger partial charge < -0.3 is 10.4 Å². The number of nitrogens with one attached hydrogen (secondary N) is 1. The Morgan fingerprint density at radius 1 is 1.58 bits per heavy atom. The standard InChI is InChI=1S/C8H9ClFNO/c1-11-4-5-2-6(10)8(9)7(12)3-5/h2-3,11-12H,4H2,1H3. The van der Waals surface area contributed by atoms with Gasteiger partial charge in [-0.2, -0.15) is 0 Å². The van der Waals surface area contributed by atoms with E-state index in [1.165, 1.54) is 12.1 Å². The quantitative estimate of drug-likeness (QED) is 0.745. The summed E-state index contributed by atoms with van der Waals surface area (Å²) < 4.78 is 12.8. The van der Waals surface area contributed by atoms with Gasteiger partial charge in [0.25, 0.3) is 0 Å². The summed E-state index contributed by atoms with van der Waals surface area (Å²) >= 11 is 5.40. The van der Waals surface area contributed by atoms with E-state index in [-0.39, 0.29) is 10.8 Å². The van der Waals surface area contributed by atoms with Crippen molar-refractivity contribution >= 4 is 11.6 Å². The highest BCUT2D eigenvalue weighted by Crippen LogP contribution is 2.27. The fraction of sp³-hybridized carbons (Fsp3) is 0.250. The van der Waals surface area contributed by atoms with Crippen molar-refractivity contribution in [2.24, 2.45) is 0 Å². The summed E-state index contributed by atoms with van der Waals surface area (Å²) in [6.45, 7) is 0.502. The zero-order valence-electron chi connectivity index (χ0n) is 6.56. The van der Waals surface area contributed by atoms with Crippen molar-refractivity contribution in [3.05, 3.63) is 28.5 Å². The molecule has 0 saturated carbocycles. The molecule has 0 aromatic heterocycles. The van der Waals surface area contributed by atoms with E-state index < -0.39 is 5.82 Å². The van der Waals surface area contributed by atoms with Crippen LogP contribution in [-0.4, -0.2) is 12.2 Å². The molecule has 2 nitrogen and oxygen atoms in total. The fourth-order valence-corrected chi connectivity index (χ4v) is 1.04. The van der Waals surface area contributed by atoms with Crippen LogP contribution in [0, 0.1) is 5.82 Å². The van der Waals surface area contributed by atoms with Crippen molar-refractivity contribution in [3.8, 4) is 5.75 Å². The zero-order chi connectivity index (χ0) is 9.14. The van der Waals surface area contributed by atoms with Crippen molar-refractivity contribution in [1.82, 2.24) is 5.32 Å². The molecule has 0 radical (unpaired) electrons. The molecular formula is C8H9ClFNO. The molecule has 0 bridgehead atoms. The van der Waals surface area contributed by atoms with Crippen LogP contribution in [0.5, 0.6) is 5.75 Å². The second kappa shape index (κ2) is 3.74. The molecule has 0 aliphatic rings. The largest absolute Gasteiger partial charge is 0.506 e. The summed E-state index contributed by atoms with van der Waals surface area (Å²) in [7, 11) is 1.74. The molecule has 0 fully saturated rings. The molecule has 0 atom stereocenters.